The number of nitrogens with zero attached hydrogens (tertiary/aromatic N) is 4. The van der Waals surface area contributed by atoms with Gasteiger partial charge in [0.05, 0.1) is 26.2 Å². The summed E-state index contributed by atoms with van der Waals surface area (Å²) in [5.74, 6) is -0.738. The summed E-state index contributed by atoms with van der Waals surface area (Å²) in [6.45, 7) is 4.32. The first-order valence-corrected chi connectivity index (χ1v) is 10.8. The van der Waals surface area contributed by atoms with Crippen molar-refractivity contribution in [3.63, 3.8) is 0 Å². The van der Waals surface area contributed by atoms with Crippen molar-refractivity contribution in [1.82, 2.24) is 28.9 Å². The molecule has 34 heavy (non-hydrogen) atoms. The first-order valence-electron chi connectivity index (χ1n) is 10.8. The quantitative estimate of drug-likeness (QED) is 0.247. The van der Waals surface area contributed by atoms with Crippen LogP contribution in [0.25, 0.3) is 0 Å². The molecule has 0 saturated heterocycles. The fourth-order valence-corrected chi connectivity index (χ4v) is 3.31. The van der Waals surface area contributed by atoms with Crippen LogP contribution in [-0.2, 0) is 22.7 Å². The average molecular weight is 481 g/mol. The van der Waals surface area contributed by atoms with E-state index >= 15 is 0 Å². The molecule has 0 aliphatic carbocycles. The Bertz CT molecular complexity index is 1160. The van der Waals surface area contributed by atoms with Gasteiger partial charge in [-0.15, -0.1) is 0 Å². The Kier molecular flexibility index (Phi) is 9.27. The molecule has 14 heteroatoms. The minimum absolute atomic E-state index is 0.177. The lowest BCUT2D eigenvalue weighted by Gasteiger charge is -2.27. The zero-order chi connectivity index (χ0) is 25.4. The second-order valence-electron chi connectivity index (χ2n) is 7.87. The molecule has 2 aromatic rings. The molecule has 0 bridgehead atoms. The summed E-state index contributed by atoms with van der Waals surface area (Å²) in [5, 5.41) is 0. The third kappa shape index (κ3) is 6.86. The molecule has 0 aliphatic rings. The molecule has 0 saturated carbocycles. The maximum Gasteiger partial charge on any atom is 0.328 e. The molecule has 2 heterocycles. The number of hydrogen-bond donors (Lipinski definition) is 4. The number of quaternary nitrogens is 2. The maximum atomic E-state index is 12.8. The molecule has 2 amide bonds. The number of amides is 2. The van der Waals surface area contributed by atoms with Gasteiger partial charge in [-0.2, -0.15) is 0 Å². The van der Waals surface area contributed by atoms with Crippen LogP contribution in [0.2, 0.25) is 0 Å². The Morgan fingerprint density at radius 1 is 0.735 bits per heavy atom. The summed E-state index contributed by atoms with van der Waals surface area (Å²) in [7, 11) is 0. The molecule has 14 nitrogen and oxygen atoms in total. The van der Waals surface area contributed by atoms with E-state index in [1.54, 1.807) is 0 Å². The fourth-order valence-electron chi connectivity index (χ4n) is 3.31. The third-order valence-corrected chi connectivity index (χ3v) is 5.19. The summed E-state index contributed by atoms with van der Waals surface area (Å²) < 4.78 is 2.25. The zero-order valence-electron chi connectivity index (χ0n) is 19.5. The summed E-state index contributed by atoms with van der Waals surface area (Å²) in [5.41, 5.74) is 5.75. The fraction of sp³-hybridized carbons (Fsp3) is 0.500. The molecular weight excluding hydrogens is 448 g/mol. The van der Waals surface area contributed by atoms with Gasteiger partial charge in [0.15, 0.2) is 0 Å². The molecule has 0 aromatic carbocycles. The molecule has 186 valence electrons. The Morgan fingerprint density at radius 3 is 1.41 bits per heavy atom. The second kappa shape index (κ2) is 11.9. The Labute approximate surface area is 193 Å². The third-order valence-electron chi connectivity index (χ3n) is 5.19. The number of aryl methyl sites for hydroxylation is 2. The van der Waals surface area contributed by atoms with Crippen molar-refractivity contribution in [3.8, 4) is 0 Å². The van der Waals surface area contributed by atoms with Crippen molar-refractivity contribution in [2.75, 3.05) is 39.3 Å². The highest BCUT2D eigenvalue weighted by molar-refractivity contribution is 5.77. The number of H-pyrrole nitrogens is 2. The minimum atomic E-state index is -0.686. The first kappa shape index (κ1) is 26.5. The van der Waals surface area contributed by atoms with E-state index in [4.69, 9.17) is 0 Å². The topological polar surface area (TPSA) is 206 Å². The van der Waals surface area contributed by atoms with Gasteiger partial charge >= 0.3 is 11.4 Å². The molecule has 2 rings (SSSR count). The molecule has 0 fully saturated rings. The summed E-state index contributed by atoms with van der Waals surface area (Å²) >= 11 is 0. The summed E-state index contributed by atoms with van der Waals surface area (Å²) in [6, 6.07) is 0. The van der Waals surface area contributed by atoms with E-state index in [1.807, 2.05) is 0 Å². The van der Waals surface area contributed by atoms with Crippen molar-refractivity contribution in [3.05, 3.63) is 65.2 Å². The highest BCUT2D eigenvalue weighted by Crippen LogP contribution is 1.98. The van der Waals surface area contributed by atoms with Crippen LogP contribution in [-0.4, -0.2) is 80.0 Å². The SMILES string of the molecule is Cc1cn(CC(=O)N(CC[NH3+])CCN(CC[NH3+])C(=O)Cn2cc(C)c(=O)[nH]c2=O)c(=O)[nH]c1=O. The minimum Gasteiger partial charge on any atom is -0.356 e. The lowest BCUT2D eigenvalue weighted by molar-refractivity contribution is -0.369. The van der Waals surface area contributed by atoms with Gasteiger partial charge in [-0.1, -0.05) is 0 Å². The van der Waals surface area contributed by atoms with E-state index in [0.29, 0.717) is 37.3 Å². The molecule has 2 aromatic heterocycles. The summed E-state index contributed by atoms with van der Waals surface area (Å²) in [6.07, 6.45) is 2.65. The highest BCUT2D eigenvalue weighted by atomic mass is 16.2. The van der Waals surface area contributed by atoms with Gasteiger partial charge in [0, 0.05) is 36.6 Å². The van der Waals surface area contributed by atoms with Crippen molar-refractivity contribution in [2.24, 2.45) is 0 Å². The monoisotopic (exact) mass is 480 g/mol. The Morgan fingerprint density at radius 2 is 1.09 bits per heavy atom. The largest absolute Gasteiger partial charge is 0.356 e. The van der Waals surface area contributed by atoms with Crippen LogP contribution in [0.1, 0.15) is 11.1 Å². The van der Waals surface area contributed by atoms with E-state index < -0.39 is 22.5 Å². The van der Waals surface area contributed by atoms with Crippen LogP contribution in [0.15, 0.2) is 31.6 Å². The molecule has 0 unspecified atom stereocenters. The normalized spacial score (nSPS) is 10.8. The van der Waals surface area contributed by atoms with Gasteiger partial charge in [0.2, 0.25) is 11.8 Å². The molecule has 8 N–H and O–H groups in total. The van der Waals surface area contributed by atoms with Crippen LogP contribution in [0.5, 0.6) is 0 Å². The summed E-state index contributed by atoms with van der Waals surface area (Å²) in [4.78, 5) is 80.1. The van der Waals surface area contributed by atoms with Crippen LogP contribution < -0.4 is 34.0 Å². The van der Waals surface area contributed by atoms with E-state index in [2.05, 4.69) is 21.4 Å². The predicted octanol–water partition coefficient (Wildman–Crippen LogP) is -5.16. The van der Waals surface area contributed by atoms with Crippen molar-refractivity contribution >= 4 is 11.8 Å². The van der Waals surface area contributed by atoms with Gasteiger partial charge in [0.1, 0.15) is 13.1 Å². The van der Waals surface area contributed by atoms with Gasteiger partial charge in [-0.3, -0.25) is 38.3 Å². The van der Waals surface area contributed by atoms with Crippen LogP contribution in [0.3, 0.4) is 0 Å². The lowest BCUT2D eigenvalue weighted by Crippen LogP contribution is -2.58. The van der Waals surface area contributed by atoms with Crippen molar-refractivity contribution in [2.45, 2.75) is 26.9 Å². The predicted molar refractivity (Wildman–Crippen MR) is 121 cm³/mol. The van der Waals surface area contributed by atoms with Gasteiger partial charge < -0.3 is 21.3 Å². The van der Waals surface area contributed by atoms with Crippen LogP contribution >= 0.6 is 0 Å². The van der Waals surface area contributed by atoms with E-state index in [9.17, 15) is 28.8 Å². The van der Waals surface area contributed by atoms with Crippen LogP contribution in [0, 0.1) is 13.8 Å². The highest BCUT2D eigenvalue weighted by Gasteiger charge is 2.20. The average Bonchev–Trinajstić information content (AvgIpc) is 2.77. The zero-order valence-corrected chi connectivity index (χ0v) is 19.5. The van der Waals surface area contributed by atoms with Gasteiger partial charge in [-0.05, 0) is 13.8 Å². The van der Waals surface area contributed by atoms with Gasteiger partial charge in [0.25, 0.3) is 11.1 Å². The lowest BCUT2D eigenvalue weighted by atomic mass is 10.3. The Balaban J connectivity index is 2.12. The number of nitrogens with one attached hydrogen (secondary N) is 2. The maximum absolute atomic E-state index is 12.8. The number of rotatable bonds is 11. The standard InChI is InChI=1S/C20H30N8O6/c1-13-9-27(19(33)23-17(13)31)11-15(29)25(5-3-21)7-8-26(6-4-22)16(30)12-28-10-14(2)18(32)24-20(28)34/h9-10H,3-8,11-12,21-22H2,1-2H3,(H,23,31,33)(H,24,32,34)/p+2. The molecule has 0 aliphatic heterocycles. The second-order valence-corrected chi connectivity index (χ2v) is 7.87. The number of aromatic nitrogens is 4. The Hall–Kier alpha value is -3.78. The van der Waals surface area contributed by atoms with Crippen LogP contribution in [0.4, 0.5) is 0 Å². The molecule has 0 atom stereocenters. The molecule has 0 spiro atoms. The first-order chi connectivity index (χ1) is 16.1. The molecule has 0 radical (unpaired) electrons. The van der Waals surface area contributed by atoms with Gasteiger partial charge in [-0.25, -0.2) is 9.59 Å². The van der Waals surface area contributed by atoms with E-state index in [-0.39, 0.29) is 38.0 Å². The van der Waals surface area contributed by atoms with E-state index in [1.165, 1.54) is 36.0 Å². The van der Waals surface area contributed by atoms with Crippen molar-refractivity contribution in [1.29, 1.82) is 0 Å². The number of hydrogen-bond acceptors (Lipinski definition) is 6. The number of carbonyl (C=O) groups excluding carboxylic acids is 2. The smallest absolute Gasteiger partial charge is 0.328 e. The molecular formula is C20H32N8O6+2. The number of aromatic amines is 2. The van der Waals surface area contributed by atoms with Crippen molar-refractivity contribution < 1.29 is 21.1 Å². The number of carbonyl (C=O) groups is 2. The van der Waals surface area contributed by atoms with E-state index in [0.717, 1.165) is 9.13 Å².